The predicted molar refractivity (Wildman–Crippen MR) is 48.9 cm³/mol. The maximum atomic E-state index is 5.97. The fourth-order valence-electron chi connectivity index (χ4n) is 1.89. The number of hydrogen-bond acceptors (Lipinski definition) is 2. The van der Waals surface area contributed by atoms with Crippen molar-refractivity contribution in [2.75, 3.05) is 0 Å². The molecule has 0 radical (unpaired) electrons. The fourth-order valence-corrected chi connectivity index (χ4v) is 2.61. The first-order valence-corrected chi connectivity index (χ1v) is 5.10. The molecule has 1 aromatic rings. The Bertz CT molecular complexity index is 217. The summed E-state index contributed by atoms with van der Waals surface area (Å²) >= 11 is 1.77. The number of hydrogen-bond donors (Lipinski definition) is 1. The van der Waals surface area contributed by atoms with Gasteiger partial charge in [-0.3, -0.25) is 0 Å². The van der Waals surface area contributed by atoms with Crippen LogP contribution in [-0.4, -0.2) is 6.04 Å². The highest BCUT2D eigenvalue weighted by Gasteiger charge is 2.25. The van der Waals surface area contributed by atoms with Crippen LogP contribution in [0.1, 0.15) is 30.7 Å². The molecule has 1 fully saturated rings. The topological polar surface area (TPSA) is 26.0 Å². The van der Waals surface area contributed by atoms with E-state index in [9.17, 15) is 0 Å². The van der Waals surface area contributed by atoms with Crippen molar-refractivity contribution in [2.24, 2.45) is 5.73 Å². The molecule has 0 saturated heterocycles. The van der Waals surface area contributed by atoms with Crippen LogP contribution in [0.15, 0.2) is 16.8 Å². The van der Waals surface area contributed by atoms with Gasteiger partial charge < -0.3 is 5.73 Å². The molecule has 60 valence electrons. The maximum absolute atomic E-state index is 5.97. The lowest BCUT2D eigenvalue weighted by molar-refractivity contribution is 0.615. The summed E-state index contributed by atoms with van der Waals surface area (Å²) in [6, 6.07) is 2.63. The van der Waals surface area contributed by atoms with Gasteiger partial charge in [0.15, 0.2) is 0 Å². The third-order valence-corrected chi connectivity index (χ3v) is 3.24. The normalized spacial score (nSPS) is 31.0. The van der Waals surface area contributed by atoms with Gasteiger partial charge >= 0.3 is 0 Å². The number of nitrogens with two attached hydrogens (primary N) is 1. The summed E-state index contributed by atoms with van der Waals surface area (Å²) in [7, 11) is 0. The van der Waals surface area contributed by atoms with Crippen LogP contribution in [0, 0.1) is 0 Å². The van der Waals surface area contributed by atoms with Gasteiger partial charge in [-0.2, -0.15) is 11.3 Å². The molecule has 0 amide bonds. The quantitative estimate of drug-likeness (QED) is 0.682. The summed E-state index contributed by atoms with van der Waals surface area (Å²) in [6.45, 7) is 0. The van der Waals surface area contributed by atoms with Crippen molar-refractivity contribution < 1.29 is 0 Å². The van der Waals surface area contributed by atoms with Gasteiger partial charge in [0, 0.05) is 6.04 Å². The number of thiophene rings is 1. The summed E-state index contributed by atoms with van der Waals surface area (Å²) in [5.41, 5.74) is 7.43. The highest BCUT2D eigenvalue weighted by Crippen LogP contribution is 2.34. The second-order valence-corrected chi connectivity index (χ2v) is 4.04. The molecule has 0 bridgehead atoms. The largest absolute Gasteiger partial charge is 0.327 e. The lowest BCUT2D eigenvalue weighted by atomic mass is 9.98. The standard InChI is InChI=1S/C9H13NS/c10-9-3-1-2-8(9)7-4-5-11-6-7/h4-6,8-9H,1-3,10H2. The van der Waals surface area contributed by atoms with E-state index in [-0.39, 0.29) is 0 Å². The third kappa shape index (κ3) is 1.33. The van der Waals surface area contributed by atoms with E-state index in [1.165, 1.54) is 24.8 Å². The van der Waals surface area contributed by atoms with Crippen molar-refractivity contribution in [3.05, 3.63) is 22.4 Å². The Morgan fingerprint density at radius 3 is 2.91 bits per heavy atom. The van der Waals surface area contributed by atoms with Crippen LogP contribution in [0.25, 0.3) is 0 Å². The minimum absolute atomic E-state index is 0.421. The van der Waals surface area contributed by atoms with Crippen molar-refractivity contribution >= 4 is 11.3 Å². The zero-order chi connectivity index (χ0) is 7.68. The average molecular weight is 167 g/mol. The summed E-state index contributed by atoms with van der Waals surface area (Å²) < 4.78 is 0. The Morgan fingerprint density at radius 2 is 2.36 bits per heavy atom. The lowest BCUT2D eigenvalue weighted by Crippen LogP contribution is -2.22. The van der Waals surface area contributed by atoms with Crippen molar-refractivity contribution in [2.45, 2.75) is 31.2 Å². The molecule has 0 aliphatic heterocycles. The maximum Gasteiger partial charge on any atom is 0.0108 e. The van der Waals surface area contributed by atoms with E-state index in [1.807, 2.05) is 0 Å². The molecule has 2 heteroatoms. The fraction of sp³-hybridized carbons (Fsp3) is 0.556. The number of rotatable bonds is 1. The van der Waals surface area contributed by atoms with E-state index in [0.717, 1.165) is 0 Å². The summed E-state index contributed by atoms with van der Waals surface area (Å²) in [5.74, 6) is 0.654. The van der Waals surface area contributed by atoms with Gasteiger partial charge in [0.05, 0.1) is 0 Å². The van der Waals surface area contributed by atoms with E-state index in [2.05, 4.69) is 16.8 Å². The van der Waals surface area contributed by atoms with Gasteiger partial charge in [-0.15, -0.1) is 0 Å². The third-order valence-electron chi connectivity index (χ3n) is 2.54. The minimum Gasteiger partial charge on any atom is -0.327 e. The van der Waals surface area contributed by atoms with E-state index >= 15 is 0 Å². The molecule has 2 atom stereocenters. The Hall–Kier alpha value is -0.340. The van der Waals surface area contributed by atoms with E-state index in [0.29, 0.717) is 12.0 Å². The Labute approximate surface area is 71.2 Å². The first kappa shape index (κ1) is 7.32. The van der Waals surface area contributed by atoms with Crippen molar-refractivity contribution in [3.8, 4) is 0 Å². The van der Waals surface area contributed by atoms with Gasteiger partial charge in [-0.25, -0.2) is 0 Å². The molecule has 0 spiro atoms. The van der Waals surface area contributed by atoms with Crippen LogP contribution in [0.4, 0.5) is 0 Å². The monoisotopic (exact) mass is 167 g/mol. The molecule has 2 N–H and O–H groups in total. The van der Waals surface area contributed by atoms with Gasteiger partial charge in [0.1, 0.15) is 0 Å². The van der Waals surface area contributed by atoms with Gasteiger partial charge in [0.2, 0.25) is 0 Å². The lowest BCUT2D eigenvalue weighted by Gasteiger charge is -2.12. The minimum atomic E-state index is 0.421. The molecular formula is C9H13NS. The van der Waals surface area contributed by atoms with Crippen LogP contribution < -0.4 is 5.73 Å². The first-order valence-electron chi connectivity index (χ1n) is 4.15. The molecule has 2 rings (SSSR count). The average Bonchev–Trinajstić information content (AvgIpc) is 2.55. The first-order chi connectivity index (χ1) is 5.38. The zero-order valence-electron chi connectivity index (χ0n) is 6.49. The molecule has 2 unspecified atom stereocenters. The van der Waals surface area contributed by atoms with Crippen molar-refractivity contribution in [1.82, 2.24) is 0 Å². The highest BCUT2D eigenvalue weighted by molar-refractivity contribution is 7.07. The van der Waals surface area contributed by atoms with E-state index in [4.69, 9.17) is 5.73 Å². The van der Waals surface area contributed by atoms with Crippen LogP contribution >= 0.6 is 11.3 Å². The Morgan fingerprint density at radius 1 is 1.45 bits per heavy atom. The SMILES string of the molecule is NC1CCCC1c1ccsc1. The molecule has 1 aliphatic rings. The van der Waals surface area contributed by atoms with Crippen LogP contribution in [0.3, 0.4) is 0 Å². The molecule has 11 heavy (non-hydrogen) atoms. The van der Waals surface area contributed by atoms with E-state index in [1.54, 1.807) is 11.3 Å². The van der Waals surface area contributed by atoms with Crippen LogP contribution in [-0.2, 0) is 0 Å². The predicted octanol–water partition coefficient (Wildman–Crippen LogP) is 2.34. The molecular weight excluding hydrogens is 154 g/mol. The molecule has 1 saturated carbocycles. The van der Waals surface area contributed by atoms with Gasteiger partial charge in [0.25, 0.3) is 0 Å². The highest BCUT2D eigenvalue weighted by atomic mass is 32.1. The smallest absolute Gasteiger partial charge is 0.0108 e. The van der Waals surface area contributed by atoms with Crippen LogP contribution in [0.5, 0.6) is 0 Å². The summed E-state index contributed by atoms with van der Waals surface area (Å²) in [5, 5.41) is 4.37. The zero-order valence-corrected chi connectivity index (χ0v) is 7.31. The Kier molecular flexibility index (Phi) is 1.96. The molecule has 0 aromatic carbocycles. The van der Waals surface area contributed by atoms with Crippen molar-refractivity contribution in [1.29, 1.82) is 0 Å². The summed E-state index contributed by atoms with van der Waals surface area (Å²) in [4.78, 5) is 0. The molecule has 1 aromatic heterocycles. The molecule has 1 heterocycles. The van der Waals surface area contributed by atoms with E-state index < -0.39 is 0 Å². The molecule has 1 aliphatic carbocycles. The summed E-state index contributed by atoms with van der Waals surface area (Å²) in [6.07, 6.45) is 3.81. The van der Waals surface area contributed by atoms with Crippen molar-refractivity contribution in [3.63, 3.8) is 0 Å². The molecule has 1 nitrogen and oxygen atoms in total. The van der Waals surface area contributed by atoms with Crippen LogP contribution in [0.2, 0.25) is 0 Å². The Balaban J connectivity index is 2.16. The van der Waals surface area contributed by atoms with Gasteiger partial charge in [-0.1, -0.05) is 6.42 Å². The van der Waals surface area contributed by atoms with Gasteiger partial charge in [-0.05, 0) is 41.1 Å². The second kappa shape index (κ2) is 2.95. The second-order valence-electron chi connectivity index (χ2n) is 3.26.